The van der Waals surface area contributed by atoms with Gasteiger partial charge in [-0.2, -0.15) is 0 Å². The molecule has 0 aliphatic heterocycles. The van der Waals surface area contributed by atoms with Crippen LogP contribution in [0.1, 0.15) is 43.0 Å². The van der Waals surface area contributed by atoms with Crippen molar-refractivity contribution in [2.75, 3.05) is 20.3 Å². The third kappa shape index (κ3) is 4.74. The van der Waals surface area contributed by atoms with Crippen LogP contribution in [0, 0.1) is 5.92 Å². The highest BCUT2D eigenvalue weighted by Crippen LogP contribution is 2.25. The van der Waals surface area contributed by atoms with Crippen LogP contribution in [0.2, 0.25) is 0 Å². The van der Waals surface area contributed by atoms with Gasteiger partial charge in [0.05, 0.1) is 19.8 Å². The summed E-state index contributed by atoms with van der Waals surface area (Å²) in [6, 6.07) is 7.15. The Morgan fingerprint density at radius 1 is 1.33 bits per heavy atom. The molecule has 0 radical (unpaired) electrons. The van der Waals surface area contributed by atoms with E-state index in [1.54, 1.807) is 19.2 Å². The van der Waals surface area contributed by atoms with Crippen molar-refractivity contribution in [3.63, 3.8) is 0 Å². The molecule has 1 fully saturated rings. The van der Waals surface area contributed by atoms with Crippen molar-refractivity contribution in [3.05, 3.63) is 29.8 Å². The maximum Gasteiger partial charge on any atom is 0.251 e. The quantitative estimate of drug-likeness (QED) is 0.820. The van der Waals surface area contributed by atoms with Crippen molar-refractivity contribution in [1.82, 2.24) is 5.32 Å². The molecule has 4 nitrogen and oxygen atoms in total. The lowest BCUT2D eigenvalue weighted by Crippen LogP contribution is -2.31. The zero-order valence-electron chi connectivity index (χ0n) is 12.9. The topological polar surface area (TPSA) is 47.6 Å². The normalized spacial score (nSPS) is 21.8. The molecule has 21 heavy (non-hydrogen) atoms. The molecule has 116 valence electrons. The standard InChI is InChI=1S/C17H25NO3/c1-13-6-3-4-9-16(13)21-11-10-18-17(19)14-7-5-8-15(12-14)20-2/h5,7-8,12-13,16H,3-4,6,9-11H2,1-2H3,(H,18,19). The van der Waals surface area contributed by atoms with Crippen LogP contribution in [0.5, 0.6) is 5.75 Å². The molecular formula is C17H25NO3. The van der Waals surface area contributed by atoms with Crippen molar-refractivity contribution in [3.8, 4) is 5.75 Å². The van der Waals surface area contributed by atoms with Crippen molar-refractivity contribution >= 4 is 5.91 Å². The average Bonchev–Trinajstić information content (AvgIpc) is 2.53. The fraction of sp³-hybridized carbons (Fsp3) is 0.588. The molecule has 2 unspecified atom stereocenters. The Morgan fingerprint density at radius 2 is 2.14 bits per heavy atom. The van der Waals surface area contributed by atoms with Gasteiger partial charge < -0.3 is 14.8 Å². The summed E-state index contributed by atoms with van der Waals surface area (Å²) in [6.45, 7) is 3.36. The van der Waals surface area contributed by atoms with E-state index in [-0.39, 0.29) is 5.91 Å². The van der Waals surface area contributed by atoms with Crippen LogP contribution in [-0.4, -0.2) is 32.3 Å². The van der Waals surface area contributed by atoms with E-state index < -0.39 is 0 Å². The van der Waals surface area contributed by atoms with Gasteiger partial charge in [0.25, 0.3) is 5.91 Å². The van der Waals surface area contributed by atoms with Crippen molar-refractivity contribution in [2.45, 2.75) is 38.7 Å². The maximum atomic E-state index is 12.0. The van der Waals surface area contributed by atoms with Crippen LogP contribution in [0.15, 0.2) is 24.3 Å². The van der Waals surface area contributed by atoms with Crippen LogP contribution in [0.25, 0.3) is 0 Å². The summed E-state index contributed by atoms with van der Waals surface area (Å²) in [6.07, 6.45) is 5.32. The van der Waals surface area contributed by atoms with Crippen LogP contribution in [0.4, 0.5) is 0 Å². The molecule has 2 rings (SSSR count). The number of methoxy groups -OCH3 is 1. The van der Waals surface area contributed by atoms with Gasteiger partial charge in [-0.15, -0.1) is 0 Å². The second-order valence-corrected chi connectivity index (χ2v) is 5.66. The van der Waals surface area contributed by atoms with Gasteiger partial charge >= 0.3 is 0 Å². The summed E-state index contributed by atoms with van der Waals surface area (Å²) < 4.78 is 11.0. The van der Waals surface area contributed by atoms with E-state index >= 15 is 0 Å². The summed E-state index contributed by atoms with van der Waals surface area (Å²) in [4.78, 5) is 12.0. The molecule has 2 atom stereocenters. The summed E-state index contributed by atoms with van der Waals surface area (Å²) in [5.41, 5.74) is 0.611. The van der Waals surface area contributed by atoms with E-state index in [4.69, 9.17) is 9.47 Å². The van der Waals surface area contributed by atoms with Gasteiger partial charge in [0.15, 0.2) is 0 Å². The summed E-state index contributed by atoms with van der Waals surface area (Å²) in [5.74, 6) is 1.23. The maximum absolute atomic E-state index is 12.0. The van der Waals surface area contributed by atoms with Crippen molar-refractivity contribution in [2.24, 2.45) is 5.92 Å². The lowest BCUT2D eigenvalue weighted by molar-refractivity contribution is -0.00293. The molecule has 1 aromatic carbocycles. The zero-order chi connectivity index (χ0) is 15.1. The highest BCUT2D eigenvalue weighted by atomic mass is 16.5. The predicted octanol–water partition coefficient (Wildman–Crippen LogP) is 3.02. The van der Waals surface area contributed by atoms with Gasteiger partial charge in [-0.3, -0.25) is 4.79 Å². The minimum atomic E-state index is -0.0887. The Bertz CT molecular complexity index is 461. The van der Waals surface area contributed by atoms with E-state index in [1.165, 1.54) is 19.3 Å². The first-order valence-corrected chi connectivity index (χ1v) is 7.74. The van der Waals surface area contributed by atoms with Crippen LogP contribution in [-0.2, 0) is 4.74 Å². The first-order chi connectivity index (χ1) is 10.2. The molecule has 0 spiro atoms. The molecule has 1 aliphatic carbocycles. The molecule has 1 saturated carbocycles. The van der Waals surface area contributed by atoms with E-state index in [2.05, 4.69) is 12.2 Å². The molecule has 0 aromatic heterocycles. The largest absolute Gasteiger partial charge is 0.497 e. The summed E-state index contributed by atoms with van der Waals surface area (Å²) in [5, 5.41) is 2.89. The fourth-order valence-electron chi connectivity index (χ4n) is 2.77. The first kappa shape index (κ1) is 15.8. The van der Waals surface area contributed by atoms with Crippen LogP contribution in [0.3, 0.4) is 0 Å². The second kappa shape index (κ2) is 8.03. The lowest BCUT2D eigenvalue weighted by Gasteiger charge is -2.28. The Labute approximate surface area is 126 Å². The molecular weight excluding hydrogens is 266 g/mol. The number of hydrogen-bond donors (Lipinski definition) is 1. The fourth-order valence-corrected chi connectivity index (χ4v) is 2.77. The number of rotatable bonds is 6. The zero-order valence-corrected chi connectivity index (χ0v) is 12.9. The number of carbonyl (C=O) groups is 1. The molecule has 1 amide bonds. The van der Waals surface area contributed by atoms with E-state index in [0.29, 0.717) is 36.5 Å². The van der Waals surface area contributed by atoms with Gasteiger partial charge in [-0.05, 0) is 37.0 Å². The molecule has 1 aromatic rings. The molecule has 4 heteroatoms. The Kier molecular flexibility index (Phi) is 6.05. The van der Waals surface area contributed by atoms with E-state index in [9.17, 15) is 4.79 Å². The average molecular weight is 291 g/mol. The lowest BCUT2D eigenvalue weighted by atomic mass is 9.88. The minimum absolute atomic E-state index is 0.0887. The minimum Gasteiger partial charge on any atom is -0.497 e. The monoisotopic (exact) mass is 291 g/mol. The van der Waals surface area contributed by atoms with Gasteiger partial charge in [-0.25, -0.2) is 0 Å². The van der Waals surface area contributed by atoms with Gasteiger partial charge in [0.2, 0.25) is 0 Å². The highest BCUT2D eigenvalue weighted by Gasteiger charge is 2.21. The van der Waals surface area contributed by atoms with Gasteiger partial charge in [0, 0.05) is 12.1 Å². The van der Waals surface area contributed by atoms with Gasteiger partial charge in [-0.1, -0.05) is 25.8 Å². The number of benzene rings is 1. The SMILES string of the molecule is COc1cccc(C(=O)NCCOC2CCCCC2C)c1. The number of amides is 1. The number of hydrogen-bond acceptors (Lipinski definition) is 3. The Morgan fingerprint density at radius 3 is 2.90 bits per heavy atom. The first-order valence-electron chi connectivity index (χ1n) is 7.74. The van der Waals surface area contributed by atoms with Crippen molar-refractivity contribution < 1.29 is 14.3 Å². The summed E-state index contributed by atoms with van der Waals surface area (Å²) >= 11 is 0. The molecule has 1 N–H and O–H groups in total. The molecule has 1 aliphatic rings. The Hall–Kier alpha value is -1.55. The second-order valence-electron chi connectivity index (χ2n) is 5.66. The van der Waals surface area contributed by atoms with E-state index in [1.807, 2.05) is 12.1 Å². The number of ether oxygens (including phenoxy) is 2. The van der Waals surface area contributed by atoms with Gasteiger partial charge in [0.1, 0.15) is 5.75 Å². The third-order valence-electron chi connectivity index (χ3n) is 4.08. The highest BCUT2D eigenvalue weighted by molar-refractivity contribution is 5.94. The molecule has 0 bridgehead atoms. The smallest absolute Gasteiger partial charge is 0.251 e. The predicted molar refractivity (Wildman–Crippen MR) is 82.7 cm³/mol. The molecule has 0 saturated heterocycles. The Balaban J connectivity index is 1.71. The summed E-state index contributed by atoms with van der Waals surface area (Å²) in [7, 11) is 1.59. The number of carbonyl (C=O) groups excluding carboxylic acids is 1. The van der Waals surface area contributed by atoms with Crippen LogP contribution >= 0.6 is 0 Å². The van der Waals surface area contributed by atoms with Crippen molar-refractivity contribution in [1.29, 1.82) is 0 Å². The van der Waals surface area contributed by atoms with Crippen LogP contribution < -0.4 is 10.1 Å². The van der Waals surface area contributed by atoms with E-state index in [0.717, 1.165) is 6.42 Å². The number of nitrogens with one attached hydrogen (secondary N) is 1. The third-order valence-corrected chi connectivity index (χ3v) is 4.08. The molecule has 0 heterocycles.